The van der Waals surface area contributed by atoms with Crippen LogP contribution in [0.25, 0.3) is 10.9 Å². The Morgan fingerprint density at radius 3 is 2.67 bits per heavy atom. The van der Waals surface area contributed by atoms with E-state index in [0.717, 1.165) is 22.3 Å². The standard InChI is InChI=1S/C12H16N2O/c1-8(2)12-11-9(14(3)13-12)6-5-7-10(11)15-4/h5-8H,1-4H3. The van der Waals surface area contributed by atoms with Crippen molar-refractivity contribution in [2.45, 2.75) is 19.8 Å². The van der Waals surface area contributed by atoms with Crippen molar-refractivity contribution in [3.8, 4) is 5.75 Å². The molecule has 0 amide bonds. The molecule has 3 nitrogen and oxygen atoms in total. The molecule has 0 N–H and O–H groups in total. The van der Waals surface area contributed by atoms with E-state index in [2.05, 4.69) is 25.0 Å². The molecule has 0 unspecified atom stereocenters. The summed E-state index contributed by atoms with van der Waals surface area (Å²) in [5.74, 6) is 1.31. The van der Waals surface area contributed by atoms with Gasteiger partial charge in [-0.05, 0) is 18.1 Å². The summed E-state index contributed by atoms with van der Waals surface area (Å²) in [5, 5.41) is 5.67. The lowest BCUT2D eigenvalue weighted by molar-refractivity contribution is 0.419. The Balaban J connectivity index is 2.82. The van der Waals surface area contributed by atoms with E-state index in [-0.39, 0.29) is 0 Å². The molecule has 15 heavy (non-hydrogen) atoms. The lowest BCUT2D eigenvalue weighted by Gasteiger charge is -2.04. The third-order valence-electron chi connectivity index (χ3n) is 2.63. The van der Waals surface area contributed by atoms with Crippen molar-refractivity contribution in [3.05, 3.63) is 23.9 Å². The fraction of sp³-hybridized carbons (Fsp3) is 0.417. The van der Waals surface area contributed by atoms with Crippen molar-refractivity contribution in [1.82, 2.24) is 9.78 Å². The van der Waals surface area contributed by atoms with Gasteiger partial charge >= 0.3 is 0 Å². The fourth-order valence-corrected chi connectivity index (χ4v) is 1.89. The molecule has 0 spiro atoms. The highest BCUT2D eigenvalue weighted by atomic mass is 16.5. The van der Waals surface area contributed by atoms with Crippen LogP contribution in [0, 0.1) is 0 Å². The number of hydrogen-bond donors (Lipinski definition) is 0. The monoisotopic (exact) mass is 204 g/mol. The lowest BCUT2D eigenvalue weighted by atomic mass is 10.1. The van der Waals surface area contributed by atoms with Crippen LogP contribution in [0.15, 0.2) is 18.2 Å². The summed E-state index contributed by atoms with van der Waals surface area (Å²) in [6.07, 6.45) is 0. The Hall–Kier alpha value is -1.51. The van der Waals surface area contributed by atoms with Crippen LogP contribution >= 0.6 is 0 Å². The van der Waals surface area contributed by atoms with Crippen LogP contribution in [0.4, 0.5) is 0 Å². The summed E-state index contributed by atoms with van der Waals surface area (Å²) < 4.78 is 7.29. The third kappa shape index (κ3) is 1.48. The number of methoxy groups -OCH3 is 1. The first-order valence-corrected chi connectivity index (χ1v) is 5.14. The molecule has 1 aromatic heterocycles. The summed E-state index contributed by atoms with van der Waals surface area (Å²) >= 11 is 0. The van der Waals surface area contributed by atoms with E-state index in [4.69, 9.17) is 4.74 Å². The van der Waals surface area contributed by atoms with E-state index in [1.165, 1.54) is 0 Å². The fourth-order valence-electron chi connectivity index (χ4n) is 1.89. The molecule has 1 aromatic carbocycles. The van der Waals surface area contributed by atoms with Gasteiger partial charge in [0, 0.05) is 7.05 Å². The van der Waals surface area contributed by atoms with Crippen LogP contribution in [-0.4, -0.2) is 16.9 Å². The normalized spacial score (nSPS) is 11.3. The molecular weight excluding hydrogens is 188 g/mol. The van der Waals surface area contributed by atoms with E-state index < -0.39 is 0 Å². The first kappa shape index (κ1) is 10.0. The zero-order chi connectivity index (χ0) is 11.0. The predicted molar refractivity (Wildman–Crippen MR) is 61.4 cm³/mol. The predicted octanol–water partition coefficient (Wildman–Crippen LogP) is 2.71. The van der Waals surface area contributed by atoms with Crippen molar-refractivity contribution in [3.63, 3.8) is 0 Å². The number of fused-ring (bicyclic) bond motifs is 1. The molecular formula is C12H16N2O. The average molecular weight is 204 g/mol. The molecule has 1 heterocycles. The zero-order valence-corrected chi connectivity index (χ0v) is 9.61. The number of ether oxygens (including phenoxy) is 1. The number of benzene rings is 1. The number of aromatic nitrogens is 2. The topological polar surface area (TPSA) is 27.1 Å². The minimum atomic E-state index is 0.407. The van der Waals surface area contributed by atoms with Gasteiger partial charge in [0.2, 0.25) is 0 Å². The maximum Gasteiger partial charge on any atom is 0.130 e. The van der Waals surface area contributed by atoms with Crippen LogP contribution < -0.4 is 4.74 Å². The second-order valence-electron chi connectivity index (χ2n) is 4.02. The molecule has 0 aliphatic carbocycles. The maximum atomic E-state index is 5.38. The summed E-state index contributed by atoms with van der Waals surface area (Å²) in [4.78, 5) is 0. The van der Waals surface area contributed by atoms with Gasteiger partial charge < -0.3 is 4.74 Å². The van der Waals surface area contributed by atoms with Crippen LogP contribution in [0.5, 0.6) is 5.75 Å². The lowest BCUT2D eigenvalue weighted by Crippen LogP contribution is -1.93. The van der Waals surface area contributed by atoms with Crippen LogP contribution in [0.1, 0.15) is 25.5 Å². The highest BCUT2D eigenvalue weighted by molar-refractivity contribution is 5.88. The number of aryl methyl sites for hydroxylation is 1. The molecule has 0 radical (unpaired) electrons. The summed E-state index contributed by atoms with van der Waals surface area (Å²) in [6.45, 7) is 4.29. The van der Waals surface area contributed by atoms with Crippen molar-refractivity contribution in [2.75, 3.05) is 7.11 Å². The molecule has 0 saturated carbocycles. The molecule has 0 fully saturated rings. The van der Waals surface area contributed by atoms with Gasteiger partial charge in [-0.3, -0.25) is 4.68 Å². The number of nitrogens with zero attached hydrogens (tertiary/aromatic N) is 2. The molecule has 0 saturated heterocycles. The molecule has 0 aliphatic rings. The van der Waals surface area contributed by atoms with Crippen molar-refractivity contribution >= 4 is 10.9 Å². The van der Waals surface area contributed by atoms with E-state index >= 15 is 0 Å². The van der Waals surface area contributed by atoms with Crippen LogP contribution in [0.2, 0.25) is 0 Å². The van der Waals surface area contributed by atoms with Crippen LogP contribution in [0.3, 0.4) is 0 Å². The SMILES string of the molecule is COc1cccc2c1c(C(C)C)nn2C. The molecule has 0 atom stereocenters. The van der Waals surface area contributed by atoms with Gasteiger partial charge in [0.05, 0.1) is 23.7 Å². The van der Waals surface area contributed by atoms with Crippen molar-refractivity contribution < 1.29 is 4.74 Å². The Bertz CT molecular complexity index is 486. The minimum Gasteiger partial charge on any atom is -0.496 e. The van der Waals surface area contributed by atoms with E-state index in [1.807, 2.05) is 23.9 Å². The van der Waals surface area contributed by atoms with Gasteiger partial charge in [0.15, 0.2) is 0 Å². The Kier molecular flexibility index (Phi) is 2.39. The highest BCUT2D eigenvalue weighted by Gasteiger charge is 2.15. The van der Waals surface area contributed by atoms with Crippen LogP contribution in [-0.2, 0) is 7.05 Å². The first-order valence-electron chi connectivity index (χ1n) is 5.14. The van der Waals surface area contributed by atoms with Gasteiger partial charge in [-0.2, -0.15) is 5.10 Å². The van der Waals surface area contributed by atoms with Crippen molar-refractivity contribution in [1.29, 1.82) is 0 Å². The molecule has 0 bridgehead atoms. The smallest absolute Gasteiger partial charge is 0.130 e. The summed E-state index contributed by atoms with van der Waals surface area (Å²) in [7, 11) is 3.67. The maximum absolute atomic E-state index is 5.38. The molecule has 3 heteroatoms. The number of hydrogen-bond acceptors (Lipinski definition) is 2. The Morgan fingerprint density at radius 1 is 1.33 bits per heavy atom. The Morgan fingerprint density at radius 2 is 2.07 bits per heavy atom. The van der Waals surface area contributed by atoms with Crippen molar-refractivity contribution in [2.24, 2.45) is 7.05 Å². The van der Waals surface area contributed by atoms with Gasteiger partial charge in [-0.1, -0.05) is 19.9 Å². The minimum absolute atomic E-state index is 0.407. The second-order valence-corrected chi connectivity index (χ2v) is 4.02. The highest BCUT2D eigenvalue weighted by Crippen LogP contribution is 2.31. The van der Waals surface area contributed by atoms with E-state index in [9.17, 15) is 0 Å². The van der Waals surface area contributed by atoms with Gasteiger partial charge in [-0.25, -0.2) is 0 Å². The van der Waals surface area contributed by atoms with Gasteiger partial charge in [-0.15, -0.1) is 0 Å². The average Bonchev–Trinajstić information content (AvgIpc) is 2.56. The van der Waals surface area contributed by atoms with Gasteiger partial charge in [0.25, 0.3) is 0 Å². The number of rotatable bonds is 2. The molecule has 80 valence electrons. The summed E-state index contributed by atoms with van der Waals surface area (Å²) in [5.41, 5.74) is 2.23. The first-order chi connectivity index (χ1) is 7.15. The second kappa shape index (κ2) is 3.57. The zero-order valence-electron chi connectivity index (χ0n) is 9.61. The quantitative estimate of drug-likeness (QED) is 0.752. The van der Waals surface area contributed by atoms with Gasteiger partial charge in [0.1, 0.15) is 5.75 Å². The summed E-state index contributed by atoms with van der Waals surface area (Å²) in [6, 6.07) is 6.04. The van der Waals surface area contributed by atoms with E-state index in [1.54, 1.807) is 7.11 Å². The largest absolute Gasteiger partial charge is 0.496 e. The molecule has 0 aliphatic heterocycles. The van der Waals surface area contributed by atoms with E-state index in [0.29, 0.717) is 5.92 Å². The molecule has 2 rings (SSSR count). The Labute approximate surface area is 89.7 Å². The third-order valence-corrected chi connectivity index (χ3v) is 2.63. The molecule has 2 aromatic rings.